The second-order valence-electron chi connectivity index (χ2n) is 4.34. The first-order chi connectivity index (χ1) is 9.95. The first kappa shape index (κ1) is 17.3. The van der Waals surface area contributed by atoms with Crippen LogP contribution in [0.1, 0.15) is 32.3 Å². The maximum Gasteiger partial charge on any atom is 0.288 e. The average Bonchev–Trinajstić information content (AvgIpc) is 2.45. The van der Waals surface area contributed by atoms with Crippen molar-refractivity contribution in [2.45, 2.75) is 26.7 Å². The Hall–Kier alpha value is -1.73. The molecule has 0 fully saturated rings. The summed E-state index contributed by atoms with van der Waals surface area (Å²) in [7, 11) is 0. The molecule has 0 spiro atoms. The Balaban J connectivity index is 2.72. The molecule has 0 saturated heterocycles. The number of rotatable bonds is 6. The van der Waals surface area contributed by atoms with Crippen LogP contribution in [0.15, 0.2) is 23.3 Å². The van der Waals surface area contributed by atoms with Crippen LogP contribution in [-0.2, 0) is 0 Å². The third kappa shape index (κ3) is 5.65. The van der Waals surface area contributed by atoms with E-state index >= 15 is 0 Å². The van der Waals surface area contributed by atoms with Gasteiger partial charge in [0.1, 0.15) is 5.02 Å². The molecule has 0 bridgehead atoms. The first-order valence-corrected chi connectivity index (χ1v) is 7.26. The van der Waals surface area contributed by atoms with Crippen molar-refractivity contribution in [3.05, 3.63) is 38.9 Å². The van der Waals surface area contributed by atoms with Crippen molar-refractivity contribution in [3.8, 4) is 0 Å². The van der Waals surface area contributed by atoms with Crippen molar-refractivity contribution in [3.63, 3.8) is 0 Å². The summed E-state index contributed by atoms with van der Waals surface area (Å²) in [6, 6.07) is 4.53. The highest BCUT2D eigenvalue weighted by Gasteiger charge is 2.13. The number of unbranched alkanes of at least 4 members (excludes halogenated alkanes) is 1. The molecule has 0 atom stereocenters. The molecule has 0 heterocycles. The number of nitrogens with zero attached hydrogens (tertiary/aromatic N) is 2. The summed E-state index contributed by atoms with van der Waals surface area (Å²) in [6.07, 6.45) is 2.10. The van der Waals surface area contributed by atoms with E-state index in [1.165, 1.54) is 12.1 Å². The molecule has 0 aromatic heterocycles. The van der Waals surface area contributed by atoms with Gasteiger partial charge >= 0.3 is 0 Å². The lowest BCUT2D eigenvalue weighted by molar-refractivity contribution is -0.384. The molecule has 114 valence electrons. The summed E-state index contributed by atoms with van der Waals surface area (Å²) in [6.45, 7) is 4.60. The van der Waals surface area contributed by atoms with E-state index < -0.39 is 4.92 Å². The molecule has 0 aliphatic heterocycles. The molecule has 2 N–H and O–H groups in total. The lowest BCUT2D eigenvalue weighted by atomic mass is 10.1. The molecule has 0 aliphatic carbocycles. The van der Waals surface area contributed by atoms with Crippen LogP contribution in [0.4, 0.5) is 5.69 Å². The van der Waals surface area contributed by atoms with E-state index in [0.29, 0.717) is 16.4 Å². The van der Waals surface area contributed by atoms with Gasteiger partial charge in [0.25, 0.3) is 5.69 Å². The molecular formula is C13H17ClN4O2S. The van der Waals surface area contributed by atoms with Crippen LogP contribution >= 0.6 is 23.8 Å². The number of thiocarbonyl (C=S) groups is 1. The smallest absolute Gasteiger partial charge is 0.288 e. The lowest BCUT2D eigenvalue weighted by Crippen LogP contribution is -2.33. The zero-order chi connectivity index (χ0) is 15.8. The van der Waals surface area contributed by atoms with Gasteiger partial charge in [-0.3, -0.25) is 15.5 Å². The molecule has 0 unspecified atom stereocenters. The molecule has 0 aliphatic rings. The van der Waals surface area contributed by atoms with Crippen molar-refractivity contribution in [1.29, 1.82) is 0 Å². The Bertz CT molecular complexity index is 563. The second-order valence-corrected chi connectivity index (χ2v) is 5.16. The van der Waals surface area contributed by atoms with Crippen LogP contribution in [0.3, 0.4) is 0 Å². The third-order valence-electron chi connectivity index (χ3n) is 2.70. The topological polar surface area (TPSA) is 79.6 Å². The summed E-state index contributed by atoms with van der Waals surface area (Å²) < 4.78 is 0. The number of hydrazone groups is 1. The largest absolute Gasteiger partial charge is 0.361 e. The molecular weight excluding hydrogens is 312 g/mol. The summed E-state index contributed by atoms with van der Waals surface area (Å²) in [5, 5.41) is 18.5. The predicted molar refractivity (Wildman–Crippen MR) is 89.0 cm³/mol. The number of nitro benzene ring substituents is 1. The fourth-order valence-electron chi connectivity index (χ4n) is 1.50. The van der Waals surface area contributed by atoms with Crippen molar-refractivity contribution in [2.75, 3.05) is 6.54 Å². The molecule has 6 nitrogen and oxygen atoms in total. The van der Waals surface area contributed by atoms with Gasteiger partial charge in [0.15, 0.2) is 5.11 Å². The molecule has 21 heavy (non-hydrogen) atoms. The number of hydrogen-bond donors (Lipinski definition) is 2. The van der Waals surface area contributed by atoms with Gasteiger partial charge in [0.05, 0.1) is 10.6 Å². The van der Waals surface area contributed by atoms with E-state index in [2.05, 4.69) is 22.8 Å². The molecule has 0 radical (unpaired) electrons. The van der Waals surface area contributed by atoms with Crippen LogP contribution < -0.4 is 10.7 Å². The Morgan fingerprint density at radius 3 is 2.86 bits per heavy atom. The van der Waals surface area contributed by atoms with E-state index in [-0.39, 0.29) is 10.7 Å². The zero-order valence-corrected chi connectivity index (χ0v) is 13.4. The Labute approximate surface area is 133 Å². The van der Waals surface area contributed by atoms with Crippen LogP contribution in [0, 0.1) is 10.1 Å². The highest BCUT2D eigenvalue weighted by molar-refractivity contribution is 7.80. The summed E-state index contributed by atoms with van der Waals surface area (Å²) >= 11 is 10.8. The van der Waals surface area contributed by atoms with Crippen molar-refractivity contribution < 1.29 is 4.92 Å². The quantitative estimate of drug-likeness (QED) is 0.275. The Morgan fingerprint density at radius 2 is 2.24 bits per heavy atom. The van der Waals surface area contributed by atoms with E-state index in [1.807, 2.05) is 0 Å². The van der Waals surface area contributed by atoms with Crippen LogP contribution in [-0.4, -0.2) is 22.3 Å². The van der Waals surface area contributed by atoms with Gasteiger partial charge in [0.2, 0.25) is 0 Å². The van der Waals surface area contributed by atoms with Crippen molar-refractivity contribution in [1.82, 2.24) is 10.7 Å². The van der Waals surface area contributed by atoms with Gasteiger partial charge in [-0.1, -0.05) is 31.0 Å². The molecule has 8 heteroatoms. The fraction of sp³-hybridized carbons (Fsp3) is 0.385. The second kappa shape index (κ2) is 8.53. The number of benzene rings is 1. The summed E-state index contributed by atoms with van der Waals surface area (Å²) in [4.78, 5) is 10.3. The number of nitrogens with one attached hydrogen (secondary N) is 2. The predicted octanol–water partition coefficient (Wildman–Crippen LogP) is 3.24. The molecule has 0 saturated carbocycles. The monoisotopic (exact) mass is 328 g/mol. The van der Waals surface area contributed by atoms with Gasteiger partial charge in [-0.15, -0.1) is 0 Å². The van der Waals surface area contributed by atoms with Crippen LogP contribution in [0.25, 0.3) is 0 Å². The Kier molecular flexibility index (Phi) is 7.04. The first-order valence-electron chi connectivity index (χ1n) is 6.48. The van der Waals surface area contributed by atoms with Gasteiger partial charge in [-0.25, -0.2) is 0 Å². The fourth-order valence-corrected chi connectivity index (χ4v) is 1.83. The summed E-state index contributed by atoms with van der Waals surface area (Å²) in [5.74, 6) is 0. The average molecular weight is 329 g/mol. The minimum Gasteiger partial charge on any atom is -0.361 e. The minimum atomic E-state index is -0.524. The van der Waals surface area contributed by atoms with Crippen molar-refractivity contribution >= 4 is 40.3 Å². The minimum absolute atomic E-state index is 0.0984. The van der Waals surface area contributed by atoms with Gasteiger partial charge in [-0.05, 0) is 31.6 Å². The van der Waals surface area contributed by atoms with Crippen LogP contribution in [0.5, 0.6) is 0 Å². The normalized spacial score (nSPS) is 11.1. The van der Waals surface area contributed by atoms with Gasteiger partial charge in [0, 0.05) is 18.2 Å². The maximum atomic E-state index is 10.8. The van der Waals surface area contributed by atoms with E-state index in [1.54, 1.807) is 13.0 Å². The third-order valence-corrected chi connectivity index (χ3v) is 3.26. The highest BCUT2D eigenvalue weighted by Crippen LogP contribution is 2.25. The number of nitro groups is 1. The number of halogens is 1. The maximum absolute atomic E-state index is 10.8. The standard InChI is InChI=1S/C13H17ClN4O2S/c1-3-4-7-15-13(21)17-16-9(2)10-5-6-11(14)12(8-10)18(19)20/h5-6,8H,3-4,7H2,1-2H3,(H2,15,17,21)/b16-9-. The molecule has 0 amide bonds. The Morgan fingerprint density at radius 1 is 1.52 bits per heavy atom. The molecule has 1 aromatic rings. The molecule has 1 rings (SSSR count). The zero-order valence-electron chi connectivity index (χ0n) is 11.9. The molecule has 1 aromatic carbocycles. The van der Waals surface area contributed by atoms with E-state index in [0.717, 1.165) is 19.4 Å². The van der Waals surface area contributed by atoms with Gasteiger partial charge in [-0.2, -0.15) is 5.10 Å². The lowest BCUT2D eigenvalue weighted by Gasteiger charge is -2.07. The highest BCUT2D eigenvalue weighted by atomic mass is 35.5. The van der Waals surface area contributed by atoms with E-state index in [9.17, 15) is 10.1 Å². The van der Waals surface area contributed by atoms with Gasteiger partial charge < -0.3 is 5.32 Å². The van der Waals surface area contributed by atoms with E-state index in [4.69, 9.17) is 23.8 Å². The van der Waals surface area contributed by atoms with Crippen LogP contribution in [0.2, 0.25) is 5.02 Å². The van der Waals surface area contributed by atoms with Crippen molar-refractivity contribution in [2.24, 2.45) is 5.10 Å². The number of hydrogen-bond acceptors (Lipinski definition) is 4. The SMILES string of the molecule is CCCCNC(=S)N/N=C(/C)c1ccc(Cl)c([N+](=O)[O-])c1. The summed E-state index contributed by atoms with van der Waals surface area (Å²) in [5.41, 5.74) is 3.75.